The van der Waals surface area contributed by atoms with Gasteiger partial charge in [-0.15, -0.1) is 11.8 Å². The maximum absolute atomic E-state index is 10.7. The molecule has 17 heavy (non-hydrogen) atoms. The third-order valence-corrected chi connectivity index (χ3v) is 4.59. The molecule has 0 aromatic heterocycles. The number of rotatable bonds is 3. The molecule has 0 bridgehead atoms. The second kappa shape index (κ2) is 5.31. The molecule has 1 aromatic rings. The lowest BCUT2D eigenvalue weighted by Crippen LogP contribution is -2.39. The zero-order chi connectivity index (χ0) is 12.4. The number of nitrogens with zero attached hydrogens (tertiary/aromatic N) is 1. The Balaban J connectivity index is 2.23. The molecule has 1 heterocycles. The van der Waals surface area contributed by atoms with E-state index in [1.54, 1.807) is 0 Å². The SMILES string of the molecule is CC1CSc2cc(Br)ccc2N1CCC(=O)O. The van der Waals surface area contributed by atoms with Crippen LogP contribution in [0.2, 0.25) is 0 Å². The van der Waals surface area contributed by atoms with E-state index in [0.29, 0.717) is 12.6 Å². The van der Waals surface area contributed by atoms with Crippen molar-refractivity contribution in [2.45, 2.75) is 24.3 Å². The molecule has 0 amide bonds. The second-order valence-electron chi connectivity index (χ2n) is 4.11. The molecule has 1 aromatic carbocycles. The van der Waals surface area contributed by atoms with Gasteiger partial charge in [0.15, 0.2) is 0 Å². The number of fused-ring (bicyclic) bond motifs is 1. The highest BCUT2D eigenvalue weighted by molar-refractivity contribution is 9.10. The van der Waals surface area contributed by atoms with Gasteiger partial charge in [0.05, 0.1) is 12.1 Å². The minimum Gasteiger partial charge on any atom is -0.481 e. The van der Waals surface area contributed by atoms with E-state index in [0.717, 1.165) is 15.9 Å². The van der Waals surface area contributed by atoms with Crippen LogP contribution in [-0.2, 0) is 4.79 Å². The molecule has 3 nitrogen and oxygen atoms in total. The highest BCUT2D eigenvalue weighted by Gasteiger charge is 2.23. The fourth-order valence-corrected chi connectivity index (χ4v) is 3.59. The molecule has 0 aliphatic carbocycles. The number of anilines is 1. The van der Waals surface area contributed by atoms with Gasteiger partial charge in [-0.25, -0.2) is 0 Å². The number of aliphatic carboxylic acids is 1. The van der Waals surface area contributed by atoms with Gasteiger partial charge in [0, 0.05) is 27.7 Å². The number of carboxylic acids is 1. The van der Waals surface area contributed by atoms with Gasteiger partial charge in [-0.3, -0.25) is 4.79 Å². The van der Waals surface area contributed by atoms with Crippen LogP contribution in [0.4, 0.5) is 5.69 Å². The van der Waals surface area contributed by atoms with Crippen molar-refractivity contribution < 1.29 is 9.90 Å². The van der Waals surface area contributed by atoms with Crippen LogP contribution >= 0.6 is 27.7 Å². The Hall–Kier alpha value is -0.680. The van der Waals surface area contributed by atoms with E-state index in [-0.39, 0.29) is 6.42 Å². The molecule has 1 aliphatic rings. The fraction of sp³-hybridized carbons (Fsp3) is 0.417. The largest absolute Gasteiger partial charge is 0.481 e. The van der Waals surface area contributed by atoms with Crippen molar-refractivity contribution in [1.82, 2.24) is 0 Å². The molecule has 0 saturated carbocycles. The van der Waals surface area contributed by atoms with Crippen LogP contribution in [0.5, 0.6) is 0 Å². The summed E-state index contributed by atoms with van der Waals surface area (Å²) >= 11 is 5.29. The van der Waals surface area contributed by atoms with Crippen molar-refractivity contribution in [3.05, 3.63) is 22.7 Å². The van der Waals surface area contributed by atoms with E-state index in [1.165, 1.54) is 4.90 Å². The summed E-state index contributed by atoms with van der Waals surface area (Å²) in [7, 11) is 0. The first-order chi connectivity index (χ1) is 8.08. The van der Waals surface area contributed by atoms with Crippen molar-refractivity contribution in [1.29, 1.82) is 0 Å². The first-order valence-corrected chi connectivity index (χ1v) is 7.26. The maximum Gasteiger partial charge on any atom is 0.305 e. The molecule has 0 spiro atoms. The Bertz CT molecular complexity index is 439. The summed E-state index contributed by atoms with van der Waals surface area (Å²) in [5.74, 6) is 0.261. The van der Waals surface area contributed by atoms with E-state index < -0.39 is 5.97 Å². The van der Waals surface area contributed by atoms with E-state index in [9.17, 15) is 4.79 Å². The van der Waals surface area contributed by atoms with Gasteiger partial charge in [0.25, 0.3) is 0 Å². The smallest absolute Gasteiger partial charge is 0.305 e. The van der Waals surface area contributed by atoms with Crippen molar-refractivity contribution in [2.75, 3.05) is 17.2 Å². The quantitative estimate of drug-likeness (QED) is 0.929. The van der Waals surface area contributed by atoms with Crippen molar-refractivity contribution >= 4 is 39.3 Å². The van der Waals surface area contributed by atoms with Crippen LogP contribution in [0.25, 0.3) is 0 Å². The Kier molecular flexibility index (Phi) is 3.99. The van der Waals surface area contributed by atoms with Gasteiger partial charge in [0.1, 0.15) is 0 Å². The summed E-state index contributed by atoms with van der Waals surface area (Å²) in [6, 6.07) is 6.54. The third kappa shape index (κ3) is 2.96. The fourth-order valence-electron chi connectivity index (χ4n) is 1.94. The number of hydrogen-bond donors (Lipinski definition) is 1. The Morgan fingerprint density at radius 3 is 3.12 bits per heavy atom. The molecular weight excluding hydrogens is 302 g/mol. The minimum atomic E-state index is -0.742. The first-order valence-electron chi connectivity index (χ1n) is 5.48. The predicted octanol–water partition coefficient (Wildman–Crippen LogP) is 3.22. The maximum atomic E-state index is 10.7. The first kappa shape index (κ1) is 12.8. The number of halogens is 1. The standard InChI is InChI=1S/C12H14BrNO2S/c1-8-7-17-11-6-9(13)2-3-10(11)14(8)5-4-12(15)16/h2-3,6,8H,4-5,7H2,1H3,(H,15,16). The van der Waals surface area contributed by atoms with Gasteiger partial charge >= 0.3 is 5.97 Å². The monoisotopic (exact) mass is 315 g/mol. The van der Waals surface area contributed by atoms with Gasteiger partial charge < -0.3 is 10.0 Å². The number of benzene rings is 1. The molecule has 1 aliphatic heterocycles. The van der Waals surface area contributed by atoms with Crippen LogP contribution in [0.1, 0.15) is 13.3 Å². The van der Waals surface area contributed by atoms with Crippen LogP contribution < -0.4 is 4.90 Å². The zero-order valence-corrected chi connectivity index (χ0v) is 11.9. The Morgan fingerprint density at radius 2 is 2.41 bits per heavy atom. The number of carbonyl (C=O) groups is 1. The van der Waals surface area contributed by atoms with Gasteiger partial charge in [-0.05, 0) is 25.1 Å². The Labute approximate surface area is 113 Å². The average Bonchev–Trinajstić information content (AvgIpc) is 2.27. The molecule has 0 radical (unpaired) electrons. The summed E-state index contributed by atoms with van der Waals surface area (Å²) in [5.41, 5.74) is 1.15. The number of carboxylic acid groups (broad SMARTS) is 1. The van der Waals surface area contributed by atoms with Gasteiger partial charge in [0.2, 0.25) is 0 Å². The number of thioether (sulfide) groups is 1. The summed E-state index contributed by atoms with van der Waals surface area (Å²) in [6.07, 6.45) is 0.185. The van der Waals surface area contributed by atoms with Gasteiger partial charge in [-0.1, -0.05) is 15.9 Å². The third-order valence-electron chi connectivity index (χ3n) is 2.81. The molecule has 0 fully saturated rings. The molecule has 92 valence electrons. The predicted molar refractivity (Wildman–Crippen MR) is 73.9 cm³/mol. The Morgan fingerprint density at radius 1 is 1.65 bits per heavy atom. The van der Waals surface area contributed by atoms with Crippen LogP contribution in [0.3, 0.4) is 0 Å². The van der Waals surface area contributed by atoms with Crippen LogP contribution in [0.15, 0.2) is 27.6 Å². The molecule has 1 N–H and O–H groups in total. The van der Waals surface area contributed by atoms with E-state index in [4.69, 9.17) is 5.11 Å². The average molecular weight is 316 g/mol. The van der Waals surface area contributed by atoms with Gasteiger partial charge in [-0.2, -0.15) is 0 Å². The molecule has 1 unspecified atom stereocenters. The number of hydrogen-bond acceptors (Lipinski definition) is 3. The van der Waals surface area contributed by atoms with Crippen molar-refractivity contribution in [3.8, 4) is 0 Å². The topological polar surface area (TPSA) is 40.5 Å². The summed E-state index contributed by atoms with van der Waals surface area (Å²) in [5, 5.41) is 8.78. The van der Waals surface area contributed by atoms with Crippen LogP contribution in [-0.4, -0.2) is 29.4 Å². The lowest BCUT2D eigenvalue weighted by atomic mass is 10.2. The second-order valence-corrected chi connectivity index (χ2v) is 6.09. The molecule has 5 heteroatoms. The summed E-state index contributed by atoms with van der Waals surface area (Å²) in [4.78, 5) is 14.1. The zero-order valence-electron chi connectivity index (χ0n) is 9.52. The summed E-state index contributed by atoms with van der Waals surface area (Å²) < 4.78 is 1.07. The summed E-state index contributed by atoms with van der Waals surface area (Å²) in [6.45, 7) is 2.71. The van der Waals surface area contributed by atoms with E-state index in [1.807, 2.05) is 17.8 Å². The molecule has 0 saturated heterocycles. The minimum absolute atomic E-state index is 0.185. The highest BCUT2D eigenvalue weighted by Crippen LogP contribution is 2.38. The van der Waals surface area contributed by atoms with Crippen molar-refractivity contribution in [2.24, 2.45) is 0 Å². The van der Waals surface area contributed by atoms with Crippen molar-refractivity contribution in [3.63, 3.8) is 0 Å². The molecular formula is C12H14BrNO2S. The van der Waals surface area contributed by atoms with E-state index in [2.05, 4.69) is 39.9 Å². The van der Waals surface area contributed by atoms with E-state index >= 15 is 0 Å². The van der Waals surface area contributed by atoms with Crippen LogP contribution in [0, 0.1) is 0 Å². The molecule has 1 atom stereocenters. The lowest BCUT2D eigenvalue weighted by molar-refractivity contribution is -0.136. The normalized spacial score (nSPS) is 18.9. The molecule has 2 rings (SSSR count). The lowest BCUT2D eigenvalue weighted by Gasteiger charge is -2.36. The highest BCUT2D eigenvalue weighted by atomic mass is 79.9.